The first-order chi connectivity index (χ1) is 6.19. The van der Waals surface area contributed by atoms with Crippen molar-refractivity contribution in [3.05, 3.63) is 11.6 Å². The quantitative estimate of drug-likeness (QED) is 0.671. The Bertz CT molecular complexity index is 296. The van der Waals surface area contributed by atoms with E-state index < -0.39 is 0 Å². The zero-order valence-electron chi connectivity index (χ0n) is 7.87. The van der Waals surface area contributed by atoms with Crippen LogP contribution in [0.4, 0.5) is 0 Å². The lowest BCUT2D eigenvalue weighted by Crippen LogP contribution is -2.26. The van der Waals surface area contributed by atoms with Gasteiger partial charge in [-0.1, -0.05) is 6.92 Å². The van der Waals surface area contributed by atoms with Crippen LogP contribution in [0.2, 0.25) is 0 Å². The average Bonchev–Trinajstić information content (AvgIpc) is 2.63. The number of carbonyl (C=O) groups is 1. The summed E-state index contributed by atoms with van der Waals surface area (Å²) in [5.74, 6) is 0.451. The molecular weight excluding hydrogens is 172 g/mol. The SMILES string of the molecule is CCc1nc(C(=O)N(C)OC)n[nH]1. The van der Waals surface area contributed by atoms with E-state index >= 15 is 0 Å². The van der Waals surface area contributed by atoms with Gasteiger partial charge in [-0.15, -0.1) is 5.10 Å². The van der Waals surface area contributed by atoms with Crippen LogP contribution in [0, 0.1) is 0 Å². The van der Waals surface area contributed by atoms with E-state index in [4.69, 9.17) is 4.84 Å². The molecule has 72 valence electrons. The number of H-pyrrole nitrogens is 1. The molecule has 0 bridgehead atoms. The van der Waals surface area contributed by atoms with Crippen LogP contribution in [0.15, 0.2) is 0 Å². The maximum Gasteiger partial charge on any atom is 0.316 e. The number of hydroxylamine groups is 2. The molecule has 6 nitrogen and oxygen atoms in total. The fourth-order valence-electron chi connectivity index (χ4n) is 0.773. The number of amides is 1. The Labute approximate surface area is 75.9 Å². The maximum atomic E-state index is 11.4. The Kier molecular flexibility index (Phi) is 2.97. The van der Waals surface area contributed by atoms with Crippen molar-refractivity contribution in [2.75, 3.05) is 14.2 Å². The second-order valence-corrected chi connectivity index (χ2v) is 2.44. The molecule has 0 radical (unpaired) electrons. The Morgan fingerprint density at radius 1 is 1.69 bits per heavy atom. The summed E-state index contributed by atoms with van der Waals surface area (Å²) in [7, 11) is 2.91. The first kappa shape index (κ1) is 9.66. The van der Waals surface area contributed by atoms with Crippen molar-refractivity contribution in [1.29, 1.82) is 0 Å². The highest BCUT2D eigenvalue weighted by Gasteiger charge is 2.16. The van der Waals surface area contributed by atoms with Gasteiger partial charge in [-0.05, 0) is 0 Å². The molecule has 0 aliphatic carbocycles. The lowest BCUT2D eigenvalue weighted by Gasteiger charge is -2.09. The predicted molar refractivity (Wildman–Crippen MR) is 44.9 cm³/mol. The molecule has 1 aromatic rings. The van der Waals surface area contributed by atoms with Gasteiger partial charge < -0.3 is 0 Å². The number of carbonyl (C=O) groups excluding carboxylic acids is 1. The number of aromatic nitrogens is 3. The van der Waals surface area contributed by atoms with Crippen LogP contribution in [0.5, 0.6) is 0 Å². The summed E-state index contributed by atoms with van der Waals surface area (Å²) in [6.07, 6.45) is 0.719. The summed E-state index contributed by atoms with van der Waals surface area (Å²) in [5, 5.41) is 7.47. The molecule has 6 heteroatoms. The van der Waals surface area contributed by atoms with Crippen LogP contribution in [-0.4, -0.2) is 40.3 Å². The lowest BCUT2D eigenvalue weighted by atomic mass is 10.5. The second kappa shape index (κ2) is 3.99. The van der Waals surface area contributed by atoms with E-state index in [9.17, 15) is 4.79 Å². The second-order valence-electron chi connectivity index (χ2n) is 2.44. The van der Waals surface area contributed by atoms with E-state index in [1.165, 1.54) is 14.2 Å². The van der Waals surface area contributed by atoms with Crippen LogP contribution in [0.1, 0.15) is 23.4 Å². The highest BCUT2D eigenvalue weighted by Crippen LogP contribution is 1.97. The predicted octanol–water partition coefficient (Wildman–Crippen LogP) is 0.000500. The van der Waals surface area contributed by atoms with Gasteiger partial charge in [0.25, 0.3) is 0 Å². The van der Waals surface area contributed by atoms with E-state index in [-0.39, 0.29) is 11.7 Å². The molecule has 0 fully saturated rings. The number of aryl methyl sites for hydroxylation is 1. The van der Waals surface area contributed by atoms with Crippen molar-refractivity contribution in [2.24, 2.45) is 0 Å². The highest BCUT2D eigenvalue weighted by molar-refractivity contribution is 5.89. The fourth-order valence-corrected chi connectivity index (χ4v) is 0.773. The number of nitrogens with zero attached hydrogens (tertiary/aromatic N) is 3. The molecule has 1 rings (SSSR count). The molecule has 1 heterocycles. The van der Waals surface area contributed by atoms with Gasteiger partial charge in [0.2, 0.25) is 5.82 Å². The van der Waals surface area contributed by atoms with E-state index in [0.29, 0.717) is 5.82 Å². The van der Waals surface area contributed by atoms with Crippen LogP contribution >= 0.6 is 0 Å². The van der Waals surface area contributed by atoms with Gasteiger partial charge in [0.05, 0.1) is 7.11 Å². The number of hydrogen-bond donors (Lipinski definition) is 1. The molecule has 0 atom stereocenters. The lowest BCUT2D eigenvalue weighted by molar-refractivity contribution is -0.0764. The van der Waals surface area contributed by atoms with Gasteiger partial charge >= 0.3 is 5.91 Å². The maximum absolute atomic E-state index is 11.4. The average molecular weight is 184 g/mol. The molecule has 0 aliphatic rings. The van der Waals surface area contributed by atoms with Crippen LogP contribution in [0.3, 0.4) is 0 Å². The largest absolute Gasteiger partial charge is 0.316 e. The molecule has 0 saturated carbocycles. The monoisotopic (exact) mass is 184 g/mol. The van der Waals surface area contributed by atoms with Crippen LogP contribution in [0.25, 0.3) is 0 Å². The van der Waals surface area contributed by atoms with E-state index in [1.807, 2.05) is 6.92 Å². The first-order valence-corrected chi connectivity index (χ1v) is 3.92. The first-order valence-electron chi connectivity index (χ1n) is 3.92. The number of nitrogens with one attached hydrogen (secondary N) is 1. The van der Waals surface area contributed by atoms with Gasteiger partial charge in [-0.25, -0.2) is 10.0 Å². The molecule has 0 aromatic carbocycles. The number of aromatic amines is 1. The standard InChI is InChI=1S/C7H12N4O2/c1-4-5-8-6(10-9-5)7(12)11(2)13-3/h4H2,1-3H3,(H,8,9,10). The number of hydrogen-bond acceptors (Lipinski definition) is 4. The van der Waals surface area contributed by atoms with Crippen molar-refractivity contribution in [3.63, 3.8) is 0 Å². The Balaban J connectivity index is 2.77. The molecule has 1 aromatic heterocycles. The van der Waals surface area contributed by atoms with E-state index in [2.05, 4.69) is 15.2 Å². The minimum absolute atomic E-state index is 0.126. The molecule has 13 heavy (non-hydrogen) atoms. The Morgan fingerprint density at radius 2 is 2.38 bits per heavy atom. The summed E-state index contributed by atoms with van der Waals surface area (Å²) >= 11 is 0. The third-order valence-corrected chi connectivity index (χ3v) is 1.62. The third kappa shape index (κ3) is 2.03. The molecule has 1 amide bonds. The molecule has 1 N–H and O–H groups in total. The van der Waals surface area contributed by atoms with Crippen LogP contribution < -0.4 is 0 Å². The topological polar surface area (TPSA) is 71.1 Å². The minimum atomic E-state index is -0.363. The van der Waals surface area contributed by atoms with Gasteiger partial charge in [-0.3, -0.25) is 14.7 Å². The summed E-state index contributed by atoms with van der Waals surface area (Å²) in [5.41, 5.74) is 0. The summed E-state index contributed by atoms with van der Waals surface area (Å²) in [6.45, 7) is 1.93. The molecule has 0 saturated heterocycles. The van der Waals surface area contributed by atoms with E-state index in [0.717, 1.165) is 11.5 Å². The van der Waals surface area contributed by atoms with E-state index in [1.54, 1.807) is 0 Å². The molecule has 0 unspecified atom stereocenters. The van der Waals surface area contributed by atoms with Gasteiger partial charge in [-0.2, -0.15) is 0 Å². The van der Waals surface area contributed by atoms with Gasteiger partial charge in [0, 0.05) is 13.5 Å². The Hall–Kier alpha value is -1.43. The molecule has 0 spiro atoms. The van der Waals surface area contributed by atoms with Gasteiger partial charge in [0.1, 0.15) is 5.82 Å². The Morgan fingerprint density at radius 3 is 2.85 bits per heavy atom. The third-order valence-electron chi connectivity index (χ3n) is 1.62. The van der Waals surface area contributed by atoms with Crippen molar-refractivity contribution >= 4 is 5.91 Å². The smallest absolute Gasteiger partial charge is 0.274 e. The van der Waals surface area contributed by atoms with Crippen molar-refractivity contribution in [1.82, 2.24) is 20.2 Å². The summed E-state index contributed by atoms with van der Waals surface area (Å²) < 4.78 is 0. The normalized spacial score (nSPS) is 10.1. The van der Waals surface area contributed by atoms with Crippen molar-refractivity contribution < 1.29 is 9.63 Å². The molecule has 0 aliphatic heterocycles. The fraction of sp³-hybridized carbons (Fsp3) is 0.571. The summed E-state index contributed by atoms with van der Waals surface area (Å²) in [4.78, 5) is 20.0. The number of rotatable bonds is 3. The minimum Gasteiger partial charge on any atom is -0.274 e. The molecular formula is C7H12N4O2. The zero-order chi connectivity index (χ0) is 9.84. The van der Waals surface area contributed by atoms with Gasteiger partial charge in [0.15, 0.2) is 0 Å². The zero-order valence-corrected chi connectivity index (χ0v) is 7.87. The van der Waals surface area contributed by atoms with Crippen molar-refractivity contribution in [3.8, 4) is 0 Å². The highest BCUT2D eigenvalue weighted by atomic mass is 16.7. The van der Waals surface area contributed by atoms with Crippen LogP contribution in [-0.2, 0) is 11.3 Å². The summed E-state index contributed by atoms with van der Waals surface area (Å²) in [6, 6.07) is 0. The van der Waals surface area contributed by atoms with Crippen molar-refractivity contribution in [2.45, 2.75) is 13.3 Å².